The fourth-order valence-corrected chi connectivity index (χ4v) is 5.25. The minimum Gasteiger partial charge on any atom is -0.412 e. The molecule has 2 bridgehead atoms. The van der Waals surface area contributed by atoms with Crippen molar-refractivity contribution in [3.05, 3.63) is 0 Å². The molecule has 168 valence electrons. The van der Waals surface area contributed by atoms with E-state index in [-0.39, 0.29) is 27.4 Å². The van der Waals surface area contributed by atoms with Crippen LogP contribution in [-0.2, 0) is 10.4 Å². The zero-order chi connectivity index (χ0) is 15.7. The van der Waals surface area contributed by atoms with E-state index < -0.39 is 10.4 Å². The predicted octanol–water partition coefficient (Wildman–Crippen LogP) is -2.43. The number of hydrogen-bond acceptors (Lipinski definition) is 4. The lowest BCUT2D eigenvalue weighted by molar-refractivity contribution is -0.0718. The number of piperidine rings is 4. The van der Waals surface area contributed by atoms with Gasteiger partial charge in [-0.25, -0.2) is 0 Å². The zero-order valence-electron chi connectivity index (χ0n) is 15.6. The van der Waals surface area contributed by atoms with Crippen molar-refractivity contribution < 1.29 is 44.9 Å². The Morgan fingerprint density at radius 1 is 0.667 bits per heavy atom. The smallest absolute Gasteiger partial charge is 0.394 e. The third-order valence-corrected chi connectivity index (χ3v) is 5.96. The van der Waals surface area contributed by atoms with E-state index in [0.29, 0.717) is 0 Å². The van der Waals surface area contributed by atoms with Gasteiger partial charge in [0.1, 0.15) is 0 Å². The zero-order valence-corrected chi connectivity index (χ0v) is 16.4. The van der Waals surface area contributed by atoms with Crippen LogP contribution in [0.25, 0.3) is 0 Å². The summed E-state index contributed by atoms with van der Waals surface area (Å²) >= 11 is 0. The van der Waals surface area contributed by atoms with Crippen LogP contribution in [-0.4, -0.2) is 93.0 Å². The van der Waals surface area contributed by atoms with E-state index in [0.717, 1.165) is 23.9 Å². The summed E-state index contributed by atoms with van der Waals surface area (Å²) in [5, 5.41) is 0. The van der Waals surface area contributed by atoms with Gasteiger partial charge in [-0.05, 0) is 57.0 Å². The molecule has 0 spiro atoms. The standard InChI is InChI=1S/C15H26N2.H2O4S.5H2O/c1-3-7-16-11-13-9-12(14(16)5-1)10-17-8-4-2-6-15(13)17;1-5(2,3)4;;;;;/h12-15H,1-11H2;(H2,1,2,3,4);5*1H2/t12-,13-,14-,15+;;;;;;/m0....../s1. The number of hydrogen-bond donors (Lipinski definition) is 2. The van der Waals surface area contributed by atoms with Crippen molar-refractivity contribution in [2.24, 2.45) is 11.8 Å². The largest absolute Gasteiger partial charge is 0.412 e. The second-order valence-corrected chi connectivity index (χ2v) is 8.22. The second-order valence-electron chi connectivity index (χ2n) is 7.32. The first kappa shape index (κ1) is 31.3. The SMILES string of the molecule is C1CCN2C[C@@H]3C[C@@H](CN4CCCC[C@@H]34)[C@H]2C1.O.O.O.O.O.O=S(=O)(O)O. The van der Waals surface area contributed by atoms with Crippen LogP contribution in [0.4, 0.5) is 0 Å². The molecule has 0 aromatic carbocycles. The van der Waals surface area contributed by atoms with Gasteiger partial charge in [-0.2, -0.15) is 8.42 Å². The van der Waals surface area contributed by atoms with Crippen molar-refractivity contribution in [1.82, 2.24) is 9.80 Å². The van der Waals surface area contributed by atoms with Crippen LogP contribution in [0.15, 0.2) is 0 Å². The Balaban J connectivity index is -0.000000524. The first-order valence-corrected chi connectivity index (χ1v) is 9.99. The summed E-state index contributed by atoms with van der Waals surface area (Å²) in [5.41, 5.74) is 0. The second kappa shape index (κ2) is 12.9. The van der Waals surface area contributed by atoms with E-state index in [2.05, 4.69) is 9.80 Å². The van der Waals surface area contributed by atoms with Crippen LogP contribution in [0.3, 0.4) is 0 Å². The van der Waals surface area contributed by atoms with Gasteiger partial charge in [-0.15, -0.1) is 0 Å². The van der Waals surface area contributed by atoms with E-state index in [1.807, 2.05) is 0 Å². The van der Waals surface area contributed by atoms with E-state index in [4.69, 9.17) is 17.5 Å². The quantitative estimate of drug-likeness (QED) is 0.402. The first-order valence-electron chi connectivity index (χ1n) is 8.60. The van der Waals surface area contributed by atoms with Crippen LogP contribution in [0.5, 0.6) is 0 Å². The van der Waals surface area contributed by atoms with Crippen molar-refractivity contribution >= 4 is 10.4 Å². The van der Waals surface area contributed by atoms with Crippen LogP contribution < -0.4 is 0 Å². The minimum atomic E-state index is -4.67. The predicted molar refractivity (Wildman–Crippen MR) is 102 cm³/mol. The number of fused-ring (bicyclic) bond motifs is 6. The highest BCUT2D eigenvalue weighted by Gasteiger charge is 2.46. The summed E-state index contributed by atoms with van der Waals surface area (Å²) in [4.78, 5) is 5.74. The summed E-state index contributed by atoms with van der Waals surface area (Å²) in [6, 6.07) is 1.92. The van der Waals surface area contributed by atoms with Crippen molar-refractivity contribution in [2.75, 3.05) is 26.2 Å². The highest BCUT2D eigenvalue weighted by Crippen LogP contribution is 2.42. The lowest BCUT2D eigenvalue weighted by Crippen LogP contribution is -2.63. The van der Waals surface area contributed by atoms with Crippen molar-refractivity contribution in [3.63, 3.8) is 0 Å². The van der Waals surface area contributed by atoms with Gasteiger partial charge in [0.2, 0.25) is 0 Å². The topological polar surface area (TPSA) is 239 Å². The van der Waals surface area contributed by atoms with E-state index >= 15 is 0 Å². The molecular weight excluding hydrogens is 384 g/mol. The van der Waals surface area contributed by atoms with Gasteiger partial charge in [0.05, 0.1) is 0 Å². The van der Waals surface area contributed by atoms with E-state index in [9.17, 15) is 0 Å². The molecule has 0 radical (unpaired) electrons. The van der Waals surface area contributed by atoms with Crippen LogP contribution in [0.2, 0.25) is 0 Å². The Hall–Kier alpha value is -0.410. The summed E-state index contributed by atoms with van der Waals surface area (Å²) < 4.78 is 31.6. The normalized spacial score (nSPS) is 31.9. The molecule has 4 aliphatic heterocycles. The Morgan fingerprint density at radius 3 is 1.33 bits per heavy atom. The summed E-state index contributed by atoms with van der Waals surface area (Å²) in [7, 11) is -4.67. The van der Waals surface area contributed by atoms with Crippen molar-refractivity contribution in [3.8, 4) is 0 Å². The molecular formula is C15H38N2O9S. The molecule has 0 aromatic rings. The summed E-state index contributed by atoms with van der Waals surface area (Å²) in [6.07, 6.45) is 10.5. The van der Waals surface area contributed by atoms with Gasteiger partial charge >= 0.3 is 10.4 Å². The maximum absolute atomic E-state index is 8.74. The molecule has 4 atom stereocenters. The average Bonchev–Trinajstić information content (AvgIpc) is 2.46. The summed E-state index contributed by atoms with van der Waals surface area (Å²) in [5.74, 6) is 2.03. The van der Waals surface area contributed by atoms with Gasteiger partial charge < -0.3 is 27.4 Å². The van der Waals surface area contributed by atoms with E-state index in [1.165, 1.54) is 64.7 Å². The van der Waals surface area contributed by atoms with Crippen LogP contribution in [0.1, 0.15) is 44.9 Å². The fourth-order valence-electron chi connectivity index (χ4n) is 5.25. The molecule has 4 saturated heterocycles. The number of rotatable bonds is 0. The molecule has 0 aliphatic carbocycles. The molecule has 4 aliphatic rings. The van der Waals surface area contributed by atoms with Crippen LogP contribution in [0, 0.1) is 11.8 Å². The fraction of sp³-hybridized carbons (Fsp3) is 1.00. The molecule has 4 fully saturated rings. The van der Waals surface area contributed by atoms with Gasteiger partial charge in [0.15, 0.2) is 0 Å². The molecule has 0 unspecified atom stereocenters. The molecule has 12 N–H and O–H groups in total. The third-order valence-electron chi connectivity index (χ3n) is 5.96. The van der Waals surface area contributed by atoms with Crippen LogP contribution >= 0.6 is 0 Å². The Bertz CT molecular complexity index is 458. The minimum absolute atomic E-state index is 0. The maximum Gasteiger partial charge on any atom is 0.394 e. The molecule has 4 heterocycles. The molecule has 27 heavy (non-hydrogen) atoms. The Labute approximate surface area is 160 Å². The number of nitrogens with zero attached hydrogens (tertiary/aromatic N) is 2. The van der Waals surface area contributed by atoms with Gasteiger partial charge in [-0.3, -0.25) is 18.9 Å². The van der Waals surface area contributed by atoms with Crippen molar-refractivity contribution in [1.29, 1.82) is 0 Å². The Morgan fingerprint density at radius 2 is 1.00 bits per heavy atom. The molecule has 0 saturated carbocycles. The molecule has 4 rings (SSSR count). The molecule has 11 nitrogen and oxygen atoms in total. The summed E-state index contributed by atoms with van der Waals surface area (Å²) in [6.45, 7) is 5.68. The van der Waals surface area contributed by atoms with E-state index in [1.54, 1.807) is 6.42 Å². The van der Waals surface area contributed by atoms with Crippen molar-refractivity contribution in [2.45, 2.75) is 57.0 Å². The molecule has 0 aromatic heterocycles. The average molecular weight is 423 g/mol. The lowest BCUT2D eigenvalue weighted by Gasteiger charge is -2.57. The van der Waals surface area contributed by atoms with Gasteiger partial charge in [0.25, 0.3) is 0 Å². The monoisotopic (exact) mass is 422 g/mol. The lowest BCUT2D eigenvalue weighted by atomic mass is 9.71. The Kier molecular flexibility index (Phi) is 15.0. The molecule has 0 amide bonds. The van der Waals surface area contributed by atoms with Gasteiger partial charge in [0, 0.05) is 25.2 Å². The molecule has 12 heteroatoms. The maximum atomic E-state index is 8.74. The third kappa shape index (κ3) is 8.23. The highest BCUT2D eigenvalue weighted by molar-refractivity contribution is 7.79. The highest BCUT2D eigenvalue weighted by atomic mass is 32.3. The first-order chi connectivity index (χ1) is 10.4. The van der Waals surface area contributed by atoms with Gasteiger partial charge in [-0.1, -0.05) is 12.8 Å².